The Bertz CT molecular complexity index is 886. The minimum atomic E-state index is -0.0413. The van der Waals surface area contributed by atoms with Gasteiger partial charge in [-0.3, -0.25) is 0 Å². The summed E-state index contributed by atoms with van der Waals surface area (Å²) in [4.78, 5) is 0. The van der Waals surface area contributed by atoms with Gasteiger partial charge in [0, 0.05) is 17.9 Å². The Morgan fingerprint density at radius 1 is 0.643 bits per heavy atom. The van der Waals surface area contributed by atoms with Crippen molar-refractivity contribution in [2.24, 2.45) is 0 Å². The van der Waals surface area contributed by atoms with Crippen LogP contribution in [-0.2, 0) is 0 Å². The molecule has 0 amide bonds. The van der Waals surface area contributed by atoms with Crippen LogP contribution in [0, 0.1) is 0 Å². The summed E-state index contributed by atoms with van der Waals surface area (Å²) >= 11 is 10.9. The van der Waals surface area contributed by atoms with Crippen LogP contribution >= 0.6 is 24.4 Å². The van der Waals surface area contributed by atoms with E-state index in [4.69, 9.17) is 24.4 Å². The Labute approximate surface area is 176 Å². The zero-order valence-corrected chi connectivity index (χ0v) is 16.9. The monoisotopic (exact) mass is 406 g/mol. The van der Waals surface area contributed by atoms with E-state index in [1.807, 2.05) is 78.9 Å². The summed E-state index contributed by atoms with van der Waals surface area (Å²) in [6.07, 6.45) is 0. The van der Waals surface area contributed by atoms with E-state index in [2.05, 4.69) is 33.4 Å². The van der Waals surface area contributed by atoms with E-state index in [1.165, 1.54) is 0 Å². The maximum Gasteiger partial charge on any atom is 0.171 e. The Balaban J connectivity index is 1.61. The molecule has 0 aromatic heterocycles. The summed E-state index contributed by atoms with van der Waals surface area (Å²) in [6.45, 7) is 0.583. The predicted molar refractivity (Wildman–Crippen MR) is 126 cm³/mol. The fourth-order valence-electron chi connectivity index (χ4n) is 2.68. The van der Waals surface area contributed by atoms with E-state index in [0.717, 1.165) is 16.9 Å². The van der Waals surface area contributed by atoms with Crippen LogP contribution in [0.25, 0.3) is 0 Å². The van der Waals surface area contributed by atoms with E-state index in [9.17, 15) is 0 Å². The van der Waals surface area contributed by atoms with Crippen molar-refractivity contribution in [1.82, 2.24) is 10.6 Å². The van der Waals surface area contributed by atoms with E-state index in [-0.39, 0.29) is 6.04 Å². The molecule has 3 aromatic rings. The normalized spacial score (nSPS) is 11.1. The molecule has 0 saturated carbocycles. The molecule has 1 atom stereocenters. The fraction of sp³-hybridized carbons (Fsp3) is 0.0909. The minimum Gasteiger partial charge on any atom is -0.360 e. The van der Waals surface area contributed by atoms with Gasteiger partial charge in [-0.05, 0) is 54.3 Å². The molecule has 4 N–H and O–H groups in total. The molecule has 3 aromatic carbocycles. The molecule has 0 heterocycles. The summed E-state index contributed by atoms with van der Waals surface area (Å²) in [5.74, 6) is 0. The van der Waals surface area contributed by atoms with Crippen LogP contribution in [0.15, 0.2) is 91.0 Å². The van der Waals surface area contributed by atoms with Crippen LogP contribution in [0.1, 0.15) is 11.6 Å². The van der Waals surface area contributed by atoms with Crippen LogP contribution in [0.4, 0.5) is 11.4 Å². The van der Waals surface area contributed by atoms with Crippen molar-refractivity contribution in [3.05, 3.63) is 96.6 Å². The highest BCUT2D eigenvalue weighted by Crippen LogP contribution is 2.13. The highest BCUT2D eigenvalue weighted by Gasteiger charge is 2.13. The lowest BCUT2D eigenvalue weighted by atomic mass is 10.1. The Morgan fingerprint density at radius 3 is 1.64 bits per heavy atom. The number of thiocarbonyl (C=S) groups is 2. The second kappa shape index (κ2) is 10.4. The van der Waals surface area contributed by atoms with Gasteiger partial charge in [0.25, 0.3) is 0 Å². The molecule has 4 nitrogen and oxygen atoms in total. The van der Waals surface area contributed by atoms with Gasteiger partial charge in [-0.25, -0.2) is 0 Å². The predicted octanol–water partition coefficient (Wildman–Crippen LogP) is 4.70. The number of hydrogen-bond acceptors (Lipinski definition) is 2. The van der Waals surface area contributed by atoms with Crippen LogP contribution in [0.5, 0.6) is 0 Å². The molecule has 142 valence electrons. The highest BCUT2D eigenvalue weighted by atomic mass is 32.1. The van der Waals surface area contributed by atoms with Crippen molar-refractivity contribution in [2.75, 3.05) is 17.2 Å². The van der Waals surface area contributed by atoms with Gasteiger partial charge in [0.1, 0.15) is 0 Å². The molecule has 0 spiro atoms. The van der Waals surface area contributed by atoms with Gasteiger partial charge < -0.3 is 21.3 Å². The maximum absolute atomic E-state index is 5.50. The van der Waals surface area contributed by atoms with Gasteiger partial charge in [-0.15, -0.1) is 0 Å². The van der Waals surface area contributed by atoms with Crippen molar-refractivity contribution in [3.63, 3.8) is 0 Å². The van der Waals surface area contributed by atoms with Crippen LogP contribution in [0.2, 0.25) is 0 Å². The Morgan fingerprint density at radius 2 is 1.11 bits per heavy atom. The molecule has 1 unspecified atom stereocenters. The van der Waals surface area contributed by atoms with Crippen molar-refractivity contribution >= 4 is 46.0 Å². The molecule has 0 aliphatic carbocycles. The average Bonchev–Trinajstić information content (AvgIpc) is 2.73. The van der Waals surface area contributed by atoms with Crippen molar-refractivity contribution in [2.45, 2.75) is 6.04 Å². The van der Waals surface area contributed by atoms with E-state index in [0.29, 0.717) is 16.8 Å². The molecule has 0 bridgehead atoms. The highest BCUT2D eigenvalue weighted by molar-refractivity contribution is 7.80. The summed E-state index contributed by atoms with van der Waals surface area (Å²) in [5, 5.41) is 14.2. The Hall–Kier alpha value is -2.96. The van der Waals surface area contributed by atoms with Crippen molar-refractivity contribution in [1.29, 1.82) is 0 Å². The summed E-state index contributed by atoms with van der Waals surface area (Å²) in [7, 11) is 0. The zero-order chi connectivity index (χ0) is 19.6. The van der Waals surface area contributed by atoms with E-state index < -0.39 is 0 Å². The average molecular weight is 407 g/mol. The number of para-hydroxylation sites is 2. The van der Waals surface area contributed by atoms with Gasteiger partial charge in [0.05, 0.1) is 6.04 Å². The third-order valence-electron chi connectivity index (χ3n) is 4.04. The van der Waals surface area contributed by atoms with Gasteiger partial charge >= 0.3 is 0 Å². The molecular weight excluding hydrogens is 384 g/mol. The molecular formula is C22H22N4S2. The third-order valence-corrected chi connectivity index (χ3v) is 4.50. The van der Waals surface area contributed by atoms with Crippen LogP contribution < -0.4 is 21.3 Å². The van der Waals surface area contributed by atoms with Crippen molar-refractivity contribution in [3.8, 4) is 0 Å². The number of rotatable bonds is 6. The summed E-state index contributed by atoms with van der Waals surface area (Å²) in [6, 6.07) is 29.8. The molecule has 0 aliphatic heterocycles. The van der Waals surface area contributed by atoms with Gasteiger partial charge in [0.2, 0.25) is 0 Å². The molecule has 0 aliphatic rings. The van der Waals surface area contributed by atoms with E-state index >= 15 is 0 Å². The second-order valence-electron chi connectivity index (χ2n) is 6.13. The fourth-order valence-corrected chi connectivity index (χ4v) is 3.14. The first kappa shape index (κ1) is 19.8. The first-order valence-electron chi connectivity index (χ1n) is 8.98. The van der Waals surface area contributed by atoms with E-state index in [1.54, 1.807) is 0 Å². The van der Waals surface area contributed by atoms with Crippen LogP contribution in [-0.4, -0.2) is 16.8 Å². The van der Waals surface area contributed by atoms with Gasteiger partial charge in [-0.1, -0.05) is 66.7 Å². The minimum absolute atomic E-state index is 0.0413. The smallest absolute Gasteiger partial charge is 0.171 e. The summed E-state index contributed by atoms with van der Waals surface area (Å²) in [5.41, 5.74) is 3.02. The second-order valence-corrected chi connectivity index (χ2v) is 6.95. The number of benzene rings is 3. The number of nitrogens with one attached hydrogen (secondary N) is 4. The SMILES string of the molecule is S=C(NCC(NC(=S)Nc1ccccc1)c1ccccc1)Nc1ccccc1. The molecule has 3 rings (SSSR count). The molecule has 0 radical (unpaired) electrons. The largest absolute Gasteiger partial charge is 0.360 e. The maximum atomic E-state index is 5.50. The lowest BCUT2D eigenvalue weighted by molar-refractivity contribution is 0.630. The van der Waals surface area contributed by atoms with Crippen LogP contribution in [0.3, 0.4) is 0 Å². The molecule has 0 fully saturated rings. The van der Waals surface area contributed by atoms with Gasteiger partial charge in [-0.2, -0.15) is 0 Å². The number of hydrogen-bond donors (Lipinski definition) is 4. The lowest BCUT2D eigenvalue weighted by Crippen LogP contribution is -2.40. The van der Waals surface area contributed by atoms with Crippen molar-refractivity contribution < 1.29 is 0 Å². The first-order chi connectivity index (χ1) is 13.7. The topological polar surface area (TPSA) is 48.1 Å². The molecule has 28 heavy (non-hydrogen) atoms. The Kier molecular flexibility index (Phi) is 7.35. The number of anilines is 2. The lowest BCUT2D eigenvalue weighted by Gasteiger charge is -2.23. The first-order valence-corrected chi connectivity index (χ1v) is 9.80. The quantitative estimate of drug-likeness (QED) is 0.445. The van der Waals surface area contributed by atoms with Gasteiger partial charge in [0.15, 0.2) is 10.2 Å². The molecule has 6 heteroatoms. The zero-order valence-electron chi connectivity index (χ0n) is 15.3. The summed E-state index contributed by atoms with van der Waals surface area (Å²) < 4.78 is 0. The standard InChI is InChI=1S/C22H22N4S2/c27-21(24-18-12-6-2-7-13-18)23-16-20(17-10-4-1-5-11-17)26-22(28)25-19-14-8-3-9-15-19/h1-15,20H,16H2,(H2,23,24,27)(H2,25,26,28). The molecule has 0 saturated heterocycles. The third kappa shape index (κ3) is 6.33.